The molecule has 1 aliphatic rings. The minimum atomic E-state index is -0.585. The van der Waals surface area contributed by atoms with Gasteiger partial charge in [-0.1, -0.05) is 66.7 Å². The van der Waals surface area contributed by atoms with Crippen molar-refractivity contribution in [1.82, 2.24) is 5.01 Å². The second-order valence-corrected chi connectivity index (χ2v) is 4.72. The van der Waals surface area contributed by atoms with Crippen LogP contribution in [0, 0.1) is 0 Å². The van der Waals surface area contributed by atoms with Gasteiger partial charge in [-0.05, 0) is 5.56 Å². The molecule has 0 aromatic heterocycles. The Hall–Kier alpha value is -2.88. The van der Waals surface area contributed by atoms with Gasteiger partial charge in [-0.15, -0.1) is 0 Å². The number of urea groups is 1. The maximum atomic E-state index is 11.7. The van der Waals surface area contributed by atoms with E-state index in [0.717, 1.165) is 22.5 Å². The molecule has 0 unspecified atom stereocenters. The van der Waals surface area contributed by atoms with Crippen molar-refractivity contribution >= 4 is 17.4 Å². The average Bonchev–Trinajstić information content (AvgIpc) is 2.56. The number of hydrogen-bond acceptors (Lipinski definition) is 2. The number of nitrogens with two attached hydrogens (primary N) is 1. The minimum Gasteiger partial charge on any atom is -0.350 e. The van der Waals surface area contributed by atoms with Gasteiger partial charge in [0.15, 0.2) is 0 Å². The van der Waals surface area contributed by atoms with Gasteiger partial charge < -0.3 is 5.73 Å². The van der Waals surface area contributed by atoms with Gasteiger partial charge in [0, 0.05) is 12.0 Å². The maximum absolute atomic E-state index is 11.7. The van der Waals surface area contributed by atoms with Crippen molar-refractivity contribution in [3.63, 3.8) is 0 Å². The van der Waals surface area contributed by atoms with Gasteiger partial charge >= 0.3 is 6.03 Å². The van der Waals surface area contributed by atoms with Crippen molar-refractivity contribution < 1.29 is 4.79 Å². The summed E-state index contributed by atoms with van der Waals surface area (Å²) in [6, 6.07) is 18.8. The number of allylic oxidation sites excluding steroid dienone is 1. The number of nitrogens with zero attached hydrogens (tertiary/aromatic N) is 2. The summed E-state index contributed by atoms with van der Waals surface area (Å²) < 4.78 is 0. The lowest BCUT2D eigenvalue weighted by molar-refractivity contribution is 0.228. The molecule has 0 atom stereocenters. The molecule has 0 aliphatic carbocycles. The van der Waals surface area contributed by atoms with Gasteiger partial charge in [0.1, 0.15) is 0 Å². The van der Waals surface area contributed by atoms with Crippen LogP contribution < -0.4 is 5.73 Å². The minimum absolute atomic E-state index is 0.585. The predicted octanol–water partition coefficient (Wildman–Crippen LogP) is 3.22. The van der Waals surface area contributed by atoms with Crippen molar-refractivity contribution in [3.05, 3.63) is 77.9 Å². The Morgan fingerprint density at radius 2 is 1.52 bits per heavy atom. The normalized spacial score (nSPS) is 14.4. The van der Waals surface area contributed by atoms with Crippen LogP contribution in [-0.2, 0) is 0 Å². The fourth-order valence-corrected chi connectivity index (χ4v) is 2.32. The van der Waals surface area contributed by atoms with Crippen LogP contribution in [0.2, 0.25) is 0 Å². The zero-order valence-electron chi connectivity index (χ0n) is 11.4. The lowest BCUT2D eigenvalue weighted by Gasteiger charge is -2.24. The summed E-state index contributed by atoms with van der Waals surface area (Å²) in [5.41, 5.74) is 8.94. The molecule has 104 valence electrons. The highest BCUT2D eigenvalue weighted by molar-refractivity contribution is 6.04. The second-order valence-electron chi connectivity index (χ2n) is 4.72. The number of carbonyl (C=O) groups is 1. The Bertz CT molecular complexity index is 705. The highest BCUT2D eigenvalue weighted by Gasteiger charge is 2.21. The molecule has 2 aromatic rings. The number of hydrazone groups is 1. The number of hydrogen-bond donors (Lipinski definition) is 1. The molecule has 0 saturated heterocycles. The van der Waals surface area contributed by atoms with E-state index in [4.69, 9.17) is 5.73 Å². The van der Waals surface area contributed by atoms with Gasteiger partial charge in [-0.2, -0.15) is 10.1 Å². The zero-order chi connectivity index (χ0) is 14.7. The summed E-state index contributed by atoms with van der Waals surface area (Å²) in [5, 5.41) is 5.68. The van der Waals surface area contributed by atoms with Gasteiger partial charge in [0.05, 0.1) is 11.4 Å². The third kappa shape index (κ3) is 2.69. The molecule has 1 aliphatic heterocycles. The summed E-state index contributed by atoms with van der Waals surface area (Å²) in [4.78, 5) is 11.7. The van der Waals surface area contributed by atoms with E-state index in [2.05, 4.69) is 5.10 Å². The topological polar surface area (TPSA) is 58.7 Å². The summed E-state index contributed by atoms with van der Waals surface area (Å²) in [5.74, 6) is 0. The Morgan fingerprint density at radius 1 is 0.952 bits per heavy atom. The predicted molar refractivity (Wildman–Crippen MR) is 83.4 cm³/mol. The lowest BCUT2D eigenvalue weighted by Crippen LogP contribution is -2.33. The number of amides is 2. The molecule has 2 amide bonds. The molecule has 1 heterocycles. The second kappa shape index (κ2) is 5.63. The molecule has 0 fully saturated rings. The molecular formula is C17H15N3O. The quantitative estimate of drug-likeness (QED) is 0.900. The Kier molecular flexibility index (Phi) is 3.51. The molecule has 0 radical (unpaired) electrons. The van der Waals surface area contributed by atoms with Gasteiger partial charge in [-0.25, -0.2) is 4.79 Å². The smallest absolute Gasteiger partial charge is 0.340 e. The van der Waals surface area contributed by atoms with E-state index < -0.39 is 6.03 Å². The van der Waals surface area contributed by atoms with Crippen molar-refractivity contribution in [2.45, 2.75) is 6.42 Å². The molecule has 2 N–H and O–H groups in total. The summed E-state index contributed by atoms with van der Waals surface area (Å²) in [7, 11) is 0. The third-order valence-corrected chi connectivity index (χ3v) is 3.32. The standard InChI is InChI=1S/C17H15N3O/c18-17(21)20-16(14-9-5-2-6-10-14)12-11-15(19-20)13-7-3-1-4-8-13/h1-10,12H,11H2,(H2,18,21). The molecule has 0 spiro atoms. The van der Waals surface area contributed by atoms with E-state index in [1.54, 1.807) is 0 Å². The first-order chi connectivity index (χ1) is 10.3. The van der Waals surface area contributed by atoms with Crippen molar-refractivity contribution in [2.24, 2.45) is 10.8 Å². The fraction of sp³-hybridized carbons (Fsp3) is 0.0588. The largest absolute Gasteiger partial charge is 0.350 e. The highest BCUT2D eigenvalue weighted by atomic mass is 16.2. The Morgan fingerprint density at radius 3 is 2.10 bits per heavy atom. The Labute approximate surface area is 123 Å². The Balaban J connectivity index is 1.97. The van der Waals surface area contributed by atoms with E-state index >= 15 is 0 Å². The van der Waals surface area contributed by atoms with E-state index in [1.165, 1.54) is 5.01 Å². The van der Waals surface area contributed by atoms with Gasteiger partial charge in [0.25, 0.3) is 0 Å². The monoisotopic (exact) mass is 277 g/mol. The number of rotatable bonds is 2. The van der Waals surface area contributed by atoms with Crippen LogP contribution in [0.4, 0.5) is 4.79 Å². The molecule has 0 saturated carbocycles. The van der Waals surface area contributed by atoms with E-state index in [0.29, 0.717) is 6.42 Å². The average molecular weight is 277 g/mol. The molecule has 0 bridgehead atoms. The van der Waals surface area contributed by atoms with Gasteiger partial charge in [0.2, 0.25) is 0 Å². The number of primary amides is 1. The number of benzene rings is 2. The molecule has 4 heteroatoms. The van der Waals surface area contributed by atoms with Crippen LogP contribution >= 0.6 is 0 Å². The van der Waals surface area contributed by atoms with Crippen LogP contribution in [-0.4, -0.2) is 16.8 Å². The fourth-order valence-electron chi connectivity index (χ4n) is 2.32. The van der Waals surface area contributed by atoms with E-state index in [-0.39, 0.29) is 0 Å². The summed E-state index contributed by atoms with van der Waals surface area (Å²) in [6.45, 7) is 0. The van der Waals surface area contributed by atoms with Crippen LogP contribution in [0.25, 0.3) is 5.70 Å². The number of carbonyl (C=O) groups excluding carboxylic acids is 1. The molecular weight excluding hydrogens is 262 g/mol. The lowest BCUT2D eigenvalue weighted by atomic mass is 10.0. The van der Waals surface area contributed by atoms with Crippen molar-refractivity contribution in [1.29, 1.82) is 0 Å². The molecule has 2 aromatic carbocycles. The maximum Gasteiger partial charge on any atom is 0.340 e. The van der Waals surface area contributed by atoms with E-state index in [9.17, 15) is 4.79 Å². The zero-order valence-corrected chi connectivity index (χ0v) is 11.4. The van der Waals surface area contributed by atoms with Crippen LogP contribution in [0.1, 0.15) is 17.5 Å². The first kappa shape index (κ1) is 13.1. The van der Waals surface area contributed by atoms with E-state index in [1.807, 2.05) is 66.7 Å². The van der Waals surface area contributed by atoms with Crippen molar-refractivity contribution in [2.75, 3.05) is 0 Å². The van der Waals surface area contributed by atoms with Crippen LogP contribution in [0.15, 0.2) is 71.8 Å². The first-order valence-corrected chi connectivity index (χ1v) is 6.74. The highest BCUT2D eigenvalue weighted by Crippen LogP contribution is 2.25. The third-order valence-electron chi connectivity index (χ3n) is 3.32. The molecule has 21 heavy (non-hydrogen) atoms. The van der Waals surface area contributed by atoms with Crippen LogP contribution in [0.5, 0.6) is 0 Å². The SMILES string of the molecule is NC(=O)N1N=C(c2ccccc2)CC=C1c1ccccc1. The molecule has 3 rings (SSSR count). The van der Waals surface area contributed by atoms with Crippen molar-refractivity contribution in [3.8, 4) is 0 Å². The molecule has 4 nitrogen and oxygen atoms in total. The summed E-state index contributed by atoms with van der Waals surface area (Å²) >= 11 is 0. The van der Waals surface area contributed by atoms with Crippen LogP contribution in [0.3, 0.4) is 0 Å². The summed E-state index contributed by atoms with van der Waals surface area (Å²) in [6.07, 6.45) is 2.65. The van der Waals surface area contributed by atoms with Gasteiger partial charge in [-0.3, -0.25) is 0 Å². The first-order valence-electron chi connectivity index (χ1n) is 6.74.